The van der Waals surface area contributed by atoms with Gasteiger partial charge in [-0.15, -0.1) is 0 Å². The van der Waals surface area contributed by atoms with Crippen molar-refractivity contribution in [2.45, 2.75) is 26.7 Å². The number of hydrogen-bond acceptors (Lipinski definition) is 0. The van der Waals surface area contributed by atoms with Crippen LogP contribution in [0.1, 0.15) is 26.7 Å². The number of hydrogen-bond donors (Lipinski definition) is 0. The monoisotopic (exact) mass is 218 g/mol. The summed E-state index contributed by atoms with van der Waals surface area (Å²) in [5, 5.41) is 0. The molecule has 0 radical (unpaired) electrons. The Hall–Kier alpha value is 5.04. The summed E-state index contributed by atoms with van der Waals surface area (Å²) in [6, 6.07) is 0. The summed E-state index contributed by atoms with van der Waals surface area (Å²) >= 11 is 0. The third kappa shape index (κ3) is 30.5. The smallest absolute Gasteiger partial charge is 0 e. The summed E-state index contributed by atoms with van der Waals surface area (Å²) in [6.07, 6.45) is 2.64. The van der Waals surface area contributed by atoms with Crippen molar-refractivity contribution in [3.8, 4) is 0 Å². The van der Waals surface area contributed by atoms with Gasteiger partial charge in [-0.25, -0.2) is 0 Å². The van der Waals surface area contributed by atoms with E-state index in [2.05, 4.69) is 13.8 Å². The minimum absolute atomic E-state index is 0. The normalized spacial score (nSPS) is 3.75. The molecule has 0 rings (SSSR count). The second kappa shape index (κ2) is 29.6. The average Bonchev–Trinajstić information content (AvgIpc) is 1.37. The molecule has 58 valence electrons. The van der Waals surface area contributed by atoms with Gasteiger partial charge in [0, 0.05) is 151 Å². The Kier molecular flexibility index (Phi) is 108. The van der Waals surface area contributed by atoms with Crippen LogP contribution in [0, 0.1) is 151 Å². The van der Waals surface area contributed by atoms with E-state index >= 15 is 0 Å². The molecular formula is C4H10Ar4. The summed E-state index contributed by atoms with van der Waals surface area (Å²) in [4.78, 5) is 0. The first-order chi connectivity index (χ1) is 1.91. The molecule has 0 aromatic rings. The molecule has 0 nitrogen and oxygen atoms in total. The van der Waals surface area contributed by atoms with Gasteiger partial charge in [0.2, 0.25) is 0 Å². The van der Waals surface area contributed by atoms with E-state index < -0.39 is 0 Å². The van der Waals surface area contributed by atoms with Crippen LogP contribution in [0.4, 0.5) is 0 Å². The zero-order chi connectivity index (χ0) is 3.41. The molecule has 0 fully saturated rings. The van der Waals surface area contributed by atoms with E-state index in [0.717, 1.165) is 0 Å². The Morgan fingerprint density at radius 3 is 0.750 bits per heavy atom. The Balaban J connectivity index is -0.00000000750. The largest absolute Gasteiger partial charge is 0.0654 e. The maximum atomic E-state index is 2.18. The van der Waals surface area contributed by atoms with Crippen LogP contribution in [0.3, 0.4) is 0 Å². The first-order valence-electron chi connectivity index (χ1n) is 1.91. The zero-order valence-electron chi connectivity index (χ0n) is 4.83. The van der Waals surface area contributed by atoms with Gasteiger partial charge in [-0.05, 0) is 0 Å². The molecule has 0 aromatic heterocycles. The van der Waals surface area contributed by atoms with Crippen molar-refractivity contribution >= 4 is 0 Å². The van der Waals surface area contributed by atoms with E-state index in [1.165, 1.54) is 12.8 Å². The van der Waals surface area contributed by atoms with Crippen molar-refractivity contribution in [2.75, 3.05) is 0 Å². The van der Waals surface area contributed by atoms with Gasteiger partial charge in [0.1, 0.15) is 0 Å². The van der Waals surface area contributed by atoms with Gasteiger partial charge in [-0.1, -0.05) is 26.7 Å². The topological polar surface area (TPSA) is 0 Å². The molecule has 0 aliphatic heterocycles. The van der Waals surface area contributed by atoms with E-state index in [9.17, 15) is 0 Å². The van der Waals surface area contributed by atoms with E-state index in [1.54, 1.807) is 0 Å². The van der Waals surface area contributed by atoms with Gasteiger partial charge < -0.3 is 0 Å². The number of rotatable bonds is 1. The average molecular weight is 218 g/mol. The van der Waals surface area contributed by atoms with Gasteiger partial charge in [0.25, 0.3) is 0 Å². The molecule has 0 unspecified atom stereocenters. The second-order valence-corrected chi connectivity index (χ2v) is 1.000. The molecule has 0 saturated carbocycles. The Morgan fingerprint density at radius 2 is 0.750 bits per heavy atom. The first kappa shape index (κ1) is 29.2. The van der Waals surface area contributed by atoms with E-state index in [4.69, 9.17) is 0 Å². The molecule has 0 saturated heterocycles. The minimum atomic E-state index is 0. The van der Waals surface area contributed by atoms with Crippen LogP contribution in [0.5, 0.6) is 0 Å². The van der Waals surface area contributed by atoms with E-state index in [1.807, 2.05) is 0 Å². The van der Waals surface area contributed by atoms with Crippen LogP contribution in [0.15, 0.2) is 0 Å². The molecule has 0 bridgehead atoms. The number of unbranched alkanes of at least 4 members (excludes halogenated alkanes) is 1. The van der Waals surface area contributed by atoms with Crippen LogP contribution < -0.4 is 0 Å². The van der Waals surface area contributed by atoms with E-state index in [-0.39, 0.29) is 151 Å². The fourth-order valence-electron chi connectivity index (χ4n) is 0. The molecule has 0 amide bonds. The second-order valence-electron chi connectivity index (χ2n) is 1.000. The van der Waals surface area contributed by atoms with Crippen LogP contribution in [-0.4, -0.2) is 0 Å². The predicted molar refractivity (Wildman–Crippen MR) is 20.6 cm³/mol. The Bertz CT molecular complexity index is 10.0. The van der Waals surface area contributed by atoms with Crippen molar-refractivity contribution in [3.63, 3.8) is 0 Å². The van der Waals surface area contributed by atoms with Gasteiger partial charge in [-0.3, -0.25) is 0 Å². The Labute approximate surface area is 172 Å². The van der Waals surface area contributed by atoms with Crippen molar-refractivity contribution < 1.29 is 151 Å². The summed E-state index contributed by atoms with van der Waals surface area (Å²) < 4.78 is 0. The van der Waals surface area contributed by atoms with Gasteiger partial charge in [0.05, 0.1) is 0 Å². The molecule has 0 aliphatic carbocycles. The maximum Gasteiger partial charge on any atom is 0 e. The van der Waals surface area contributed by atoms with Crippen molar-refractivity contribution in [3.05, 3.63) is 0 Å². The molecule has 8 heavy (non-hydrogen) atoms. The first-order valence-corrected chi connectivity index (χ1v) is 1.91. The standard InChI is InChI=1S/C4H10.4Ar/c1-3-4-2;;;;/h3-4H2,1-2H3;;;;. The van der Waals surface area contributed by atoms with Crippen molar-refractivity contribution in [1.29, 1.82) is 0 Å². The zero-order valence-corrected chi connectivity index (χ0v) is 7.66. The maximum absolute atomic E-state index is 2.18. The van der Waals surface area contributed by atoms with Crippen LogP contribution in [0.2, 0.25) is 0 Å². The summed E-state index contributed by atoms with van der Waals surface area (Å²) in [6.45, 7) is 4.36. The SMILES string of the molecule is CCCC.[Ar].[Ar].[Ar].[Ar]. The minimum Gasteiger partial charge on any atom is -0.0654 e. The molecule has 0 heterocycles. The van der Waals surface area contributed by atoms with Gasteiger partial charge in [-0.2, -0.15) is 0 Å². The van der Waals surface area contributed by atoms with Crippen molar-refractivity contribution in [1.82, 2.24) is 0 Å². The predicted octanol–water partition coefficient (Wildman–Crippen LogP) is 1.81. The van der Waals surface area contributed by atoms with E-state index in [0.29, 0.717) is 0 Å². The molecular weight excluding hydrogens is 208 g/mol. The van der Waals surface area contributed by atoms with Crippen LogP contribution in [0.25, 0.3) is 0 Å². The fourth-order valence-corrected chi connectivity index (χ4v) is 0. The van der Waals surface area contributed by atoms with Crippen LogP contribution in [-0.2, 0) is 0 Å². The molecule has 0 atom stereocenters. The molecule has 0 aromatic carbocycles. The van der Waals surface area contributed by atoms with Crippen molar-refractivity contribution in [2.24, 2.45) is 0 Å². The molecule has 0 aliphatic rings. The summed E-state index contributed by atoms with van der Waals surface area (Å²) in [5.74, 6) is 0. The van der Waals surface area contributed by atoms with Gasteiger partial charge >= 0.3 is 0 Å². The third-order valence-corrected chi connectivity index (χ3v) is 0.500. The fraction of sp³-hybridized carbons (Fsp3) is 1.00. The summed E-state index contributed by atoms with van der Waals surface area (Å²) in [7, 11) is 0. The molecule has 0 spiro atoms. The summed E-state index contributed by atoms with van der Waals surface area (Å²) in [5.41, 5.74) is 0. The Morgan fingerprint density at radius 1 is 0.625 bits per heavy atom. The van der Waals surface area contributed by atoms with Gasteiger partial charge in [0.15, 0.2) is 0 Å². The quantitative estimate of drug-likeness (QED) is 0.629. The third-order valence-electron chi connectivity index (χ3n) is 0.500. The van der Waals surface area contributed by atoms with Crippen LogP contribution >= 0.6 is 0 Å². The molecule has 4 heteroatoms. The molecule has 0 N–H and O–H groups in total.